The van der Waals surface area contributed by atoms with E-state index in [0.717, 1.165) is 16.9 Å². The van der Waals surface area contributed by atoms with Gasteiger partial charge in [-0.3, -0.25) is 4.72 Å². The monoisotopic (exact) mass is 385 g/mol. The molecule has 1 heterocycles. The van der Waals surface area contributed by atoms with Crippen LogP contribution in [0.2, 0.25) is 0 Å². The first kappa shape index (κ1) is 19.0. The standard InChI is InChI=1S/C20H23N3O3S/c1-13-11-18(26-5)15(3)16(4)20(13)27(24,25)22-19-12-14(2)23(21-19)17-9-7-6-8-10-17/h6-12H,1-5H3,(H,21,22). The van der Waals surface area contributed by atoms with Crippen LogP contribution in [-0.4, -0.2) is 25.3 Å². The minimum absolute atomic E-state index is 0.257. The van der Waals surface area contributed by atoms with Crippen LogP contribution in [-0.2, 0) is 10.0 Å². The van der Waals surface area contributed by atoms with Gasteiger partial charge >= 0.3 is 0 Å². The van der Waals surface area contributed by atoms with Crippen LogP contribution in [0.3, 0.4) is 0 Å². The molecule has 3 aromatic rings. The number of methoxy groups -OCH3 is 1. The number of benzene rings is 2. The van der Waals surface area contributed by atoms with E-state index >= 15 is 0 Å². The number of anilines is 1. The van der Waals surface area contributed by atoms with E-state index in [9.17, 15) is 8.42 Å². The Bertz CT molecular complexity index is 1090. The number of para-hydroxylation sites is 1. The number of hydrogen-bond acceptors (Lipinski definition) is 4. The molecule has 0 bridgehead atoms. The quantitative estimate of drug-likeness (QED) is 0.723. The maximum absolute atomic E-state index is 13.1. The van der Waals surface area contributed by atoms with Gasteiger partial charge in [-0.1, -0.05) is 18.2 Å². The number of ether oxygens (including phenoxy) is 1. The summed E-state index contributed by atoms with van der Waals surface area (Å²) < 4.78 is 35.7. The summed E-state index contributed by atoms with van der Waals surface area (Å²) in [5, 5.41) is 4.41. The summed E-state index contributed by atoms with van der Waals surface area (Å²) in [6.45, 7) is 7.28. The largest absolute Gasteiger partial charge is 0.496 e. The second-order valence-corrected chi connectivity index (χ2v) is 8.12. The average Bonchev–Trinajstić information content (AvgIpc) is 2.98. The molecule has 1 N–H and O–H groups in total. The van der Waals surface area contributed by atoms with Gasteiger partial charge in [-0.15, -0.1) is 5.10 Å². The maximum Gasteiger partial charge on any atom is 0.263 e. The van der Waals surface area contributed by atoms with Crippen LogP contribution < -0.4 is 9.46 Å². The summed E-state index contributed by atoms with van der Waals surface area (Å²) in [4.78, 5) is 0.257. The molecule has 0 radical (unpaired) electrons. The first-order chi connectivity index (χ1) is 12.7. The van der Waals surface area contributed by atoms with Gasteiger partial charge in [-0.25, -0.2) is 13.1 Å². The van der Waals surface area contributed by atoms with Gasteiger partial charge < -0.3 is 4.74 Å². The number of nitrogens with zero attached hydrogens (tertiary/aromatic N) is 2. The molecule has 1 aromatic heterocycles. The molecule has 0 aliphatic carbocycles. The molecule has 142 valence electrons. The van der Waals surface area contributed by atoms with Crippen molar-refractivity contribution in [2.45, 2.75) is 32.6 Å². The minimum atomic E-state index is -3.79. The summed E-state index contributed by atoms with van der Waals surface area (Å²) in [5.41, 5.74) is 3.79. The van der Waals surface area contributed by atoms with E-state index in [4.69, 9.17) is 4.74 Å². The molecule has 0 unspecified atom stereocenters. The molecule has 6 nitrogen and oxygen atoms in total. The minimum Gasteiger partial charge on any atom is -0.496 e. The van der Waals surface area contributed by atoms with Crippen molar-refractivity contribution in [1.29, 1.82) is 0 Å². The van der Waals surface area contributed by atoms with Gasteiger partial charge in [0.05, 0.1) is 17.7 Å². The Labute approximate surface area is 159 Å². The molecule has 0 aliphatic heterocycles. The molecule has 0 amide bonds. The average molecular weight is 385 g/mol. The van der Waals surface area contributed by atoms with Gasteiger partial charge in [-0.05, 0) is 62.6 Å². The second-order valence-electron chi connectivity index (χ2n) is 6.50. The van der Waals surface area contributed by atoms with Gasteiger partial charge in [0, 0.05) is 11.8 Å². The van der Waals surface area contributed by atoms with E-state index in [1.54, 1.807) is 37.8 Å². The number of aryl methyl sites for hydroxylation is 2. The van der Waals surface area contributed by atoms with Crippen molar-refractivity contribution >= 4 is 15.8 Å². The molecular formula is C20H23N3O3S. The predicted octanol–water partition coefficient (Wildman–Crippen LogP) is 3.92. The van der Waals surface area contributed by atoms with E-state index in [-0.39, 0.29) is 10.7 Å². The molecule has 27 heavy (non-hydrogen) atoms. The molecule has 0 atom stereocenters. The van der Waals surface area contributed by atoms with Crippen molar-refractivity contribution in [3.63, 3.8) is 0 Å². The number of nitrogens with one attached hydrogen (secondary N) is 1. The molecule has 0 saturated carbocycles. The highest BCUT2D eigenvalue weighted by Gasteiger charge is 2.24. The predicted molar refractivity (Wildman–Crippen MR) is 106 cm³/mol. The topological polar surface area (TPSA) is 73.2 Å². The lowest BCUT2D eigenvalue weighted by molar-refractivity contribution is 0.410. The van der Waals surface area contributed by atoms with Crippen molar-refractivity contribution < 1.29 is 13.2 Å². The number of hydrogen-bond donors (Lipinski definition) is 1. The van der Waals surface area contributed by atoms with Crippen LogP contribution >= 0.6 is 0 Å². The van der Waals surface area contributed by atoms with Crippen molar-refractivity contribution in [2.24, 2.45) is 0 Å². The Morgan fingerprint density at radius 2 is 1.67 bits per heavy atom. The lowest BCUT2D eigenvalue weighted by Crippen LogP contribution is -2.17. The van der Waals surface area contributed by atoms with Gasteiger partial charge in [-0.2, -0.15) is 0 Å². The first-order valence-electron chi connectivity index (χ1n) is 8.54. The van der Waals surface area contributed by atoms with Gasteiger partial charge in [0.25, 0.3) is 10.0 Å². The zero-order valence-electron chi connectivity index (χ0n) is 16.1. The highest BCUT2D eigenvalue weighted by atomic mass is 32.2. The first-order valence-corrected chi connectivity index (χ1v) is 10.0. The van der Waals surface area contributed by atoms with Crippen molar-refractivity contribution in [3.8, 4) is 11.4 Å². The van der Waals surface area contributed by atoms with E-state index in [1.165, 1.54) is 0 Å². The molecule has 0 saturated heterocycles. The lowest BCUT2D eigenvalue weighted by Gasteiger charge is -2.16. The third-order valence-electron chi connectivity index (χ3n) is 4.59. The van der Waals surface area contributed by atoms with Gasteiger partial charge in [0.2, 0.25) is 0 Å². The molecule has 7 heteroatoms. The highest BCUT2D eigenvalue weighted by Crippen LogP contribution is 2.31. The summed E-state index contributed by atoms with van der Waals surface area (Å²) in [7, 11) is -2.21. The summed E-state index contributed by atoms with van der Waals surface area (Å²) in [6, 6.07) is 13.0. The Morgan fingerprint density at radius 3 is 2.30 bits per heavy atom. The Hall–Kier alpha value is -2.80. The lowest BCUT2D eigenvalue weighted by atomic mass is 10.1. The van der Waals surface area contributed by atoms with E-state index in [0.29, 0.717) is 16.9 Å². The van der Waals surface area contributed by atoms with E-state index < -0.39 is 10.0 Å². The third-order valence-corrected chi connectivity index (χ3v) is 6.24. The zero-order chi connectivity index (χ0) is 19.8. The van der Waals surface area contributed by atoms with Crippen LogP contribution in [0.25, 0.3) is 5.69 Å². The molecule has 2 aromatic carbocycles. The molecule has 0 fully saturated rings. The fourth-order valence-corrected chi connectivity index (χ4v) is 4.71. The van der Waals surface area contributed by atoms with Crippen molar-refractivity contribution in [2.75, 3.05) is 11.8 Å². The maximum atomic E-state index is 13.1. The van der Waals surface area contributed by atoms with E-state index in [1.807, 2.05) is 44.2 Å². The Morgan fingerprint density at radius 1 is 1.00 bits per heavy atom. The van der Waals surface area contributed by atoms with Crippen LogP contribution in [0, 0.1) is 27.7 Å². The Balaban J connectivity index is 2.01. The molecule has 0 spiro atoms. The van der Waals surface area contributed by atoms with Crippen molar-refractivity contribution in [1.82, 2.24) is 9.78 Å². The van der Waals surface area contributed by atoms with Crippen molar-refractivity contribution in [3.05, 3.63) is 64.8 Å². The second kappa shape index (κ2) is 7.08. The molecular weight excluding hydrogens is 362 g/mol. The summed E-state index contributed by atoms with van der Waals surface area (Å²) in [6.07, 6.45) is 0. The zero-order valence-corrected chi connectivity index (χ0v) is 16.9. The summed E-state index contributed by atoms with van der Waals surface area (Å²) >= 11 is 0. The van der Waals surface area contributed by atoms with E-state index in [2.05, 4.69) is 9.82 Å². The fraction of sp³-hybridized carbons (Fsp3) is 0.250. The molecule has 0 aliphatic rings. The van der Waals surface area contributed by atoms with Crippen LogP contribution in [0.5, 0.6) is 5.75 Å². The van der Waals surface area contributed by atoms with Gasteiger partial charge in [0.15, 0.2) is 5.82 Å². The normalized spacial score (nSPS) is 11.4. The number of aromatic nitrogens is 2. The Kier molecular flexibility index (Phi) is 4.97. The van der Waals surface area contributed by atoms with Crippen LogP contribution in [0.15, 0.2) is 47.4 Å². The summed E-state index contributed by atoms with van der Waals surface area (Å²) in [5.74, 6) is 0.955. The highest BCUT2D eigenvalue weighted by molar-refractivity contribution is 7.92. The van der Waals surface area contributed by atoms with Gasteiger partial charge in [0.1, 0.15) is 5.75 Å². The van der Waals surface area contributed by atoms with Crippen LogP contribution in [0.4, 0.5) is 5.82 Å². The fourth-order valence-electron chi connectivity index (χ4n) is 3.19. The number of sulfonamides is 1. The smallest absolute Gasteiger partial charge is 0.263 e. The van der Waals surface area contributed by atoms with Crippen LogP contribution in [0.1, 0.15) is 22.4 Å². The SMILES string of the molecule is COc1cc(C)c(S(=O)(=O)Nc2cc(C)n(-c3ccccc3)n2)c(C)c1C. The third kappa shape index (κ3) is 3.55. The molecule has 3 rings (SSSR count). The number of rotatable bonds is 5.